The molecule has 118 valence electrons. The average Bonchev–Trinajstić information content (AvgIpc) is 2.89. The van der Waals surface area contributed by atoms with E-state index in [4.69, 9.17) is 14.9 Å². The molecule has 0 radical (unpaired) electrons. The molecule has 0 saturated carbocycles. The number of nitrogens with zero attached hydrogens (tertiary/aromatic N) is 2. The molecule has 3 rings (SSSR count). The number of oxazole rings is 1. The fourth-order valence-corrected chi connectivity index (χ4v) is 2.60. The van der Waals surface area contributed by atoms with Crippen LogP contribution in [0.4, 0.5) is 16.5 Å². The lowest BCUT2D eigenvalue weighted by Gasteiger charge is -2.31. The summed E-state index contributed by atoms with van der Waals surface area (Å²) >= 11 is 0. The molecular formula is C15H20N4O3. The third kappa shape index (κ3) is 3.08. The van der Waals surface area contributed by atoms with E-state index in [1.54, 1.807) is 17.0 Å². The van der Waals surface area contributed by atoms with Gasteiger partial charge in [-0.3, -0.25) is 0 Å². The number of carbonyl (C=O) groups excluding carboxylic acids is 1. The van der Waals surface area contributed by atoms with Crippen LogP contribution in [0.3, 0.4) is 0 Å². The number of hydrogen-bond donors (Lipinski definition) is 2. The van der Waals surface area contributed by atoms with Crippen LogP contribution in [-0.4, -0.2) is 41.7 Å². The number of rotatable bonds is 3. The van der Waals surface area contributed by atoms with Gasteiger partial charge in [-0.05, 0) is 38.0 Å². The van der Waals surface area contributed by atoms with Gasteiger partial charge in [-0.2, -0.15) is 4.98 Å². The Morgan fingerprint density at radius 3 is 3.00 bits per heavy atom. The minimum atomic E-state index is -0.238. The SMILES string of the molecule is CCOC(=O)N1CCC(Nc2nc3cc(N)ccc3o2)CC1. The van der Waals surface area contributed by atoms with Gasteiger partial charge in [0.25, 0.3) is 6.01 Å². The maximum atomic E-state index is 11.7. The third-order valence-electron chi connectivity index (χ3n) is 3.76. The zero-order valence-corrected chi connectivity index (χ0v) is 12.5. The Bertz CT molecular complexity index is 662. The molecule has 2 aromatic rings. The van der Waals surface area contributed by atoms with Gasteiger partial charge in [0, 0.05) is 24.8 Å². The Labute approximate surface area is 128 Å². The number of likely N-dealkylation sites (tertiary alicyclic amines) is 1. The number of nitrogen functional groups attached to an aromatic ring is 1. The zero-order valence-electron chi connectivity index (χ0n) is 12.5. The molecule has 1 amide bonds. The highest BCUT2D eigenvalue weighted by molar-refractivity contribution is 5.78. The number of nitrogens with two attached hydrogens (primary N) is 1. The zero-order chi connectivity index (χ0) is 15.5. The standard InChI is InChI=1S/C15H20N4O3/c1-2-21-15(20)19-7-5-11(6-8-19)17-14-18-12-9-10(16)3-4-13(12)22-14/h3-4,9,11H,2,5-8,16H2,1H3,(H,17,18). The van der Waals surface area contributed by atoms with Gasteiger partial charge in [0.05, 0.1) is 6.61 Å². The van der Waals surface area contributed by atoms with Crippen LogP contribution >= 0.6 is 0 Å². The number of ether oxygens (including phenoxy) is 1. The molecule has 0 atom stereocenters. The number of amides is 1. The van der Waals surface area contributed by atoms with Gasteiger partial charge < -0.3 is 25.1 Å². The summed E-state index contributed by atoms with van der Waals surface area (Å²) in [5.41, 5.74) is 7.85. The van der Waals surface area contributed by atoms with Crippen molar-refractivity contribution in [1.82, 2.24) is 9.88 Å². The molecule has 7 nitrogen and oxygen atoms in total. The van der Waals surface area contributed by atoms with E-state index >= 15 is 0 Å². The van der Waals surface area contributed by atoms with Crippen molar-refractivity contribution in [2.45, 2.75) is 25.8 Å². The van der Waals surface area contributed by atoms with Gasteiger partial charge in [0.2, 0.25) is 0 Å². The van der Waals surface area contributed by atoms with Crippen molar-refractivity contribution in [2.75, 3.05) is 30.7 Å². The number of carbonyl (C=O) groups is 1. The highest BCUT2D eigenvalue weighted by Gasteiger charge is 2.24. The molecule has 0 aliphatic carbocycles. The molecule has 7 heteroatoms. The normalized spacial score (nSPS) is 16.0. The number of hydrogen-bond acceptors (Lipinski definition) is 6. The van der Waals surface area contributed by atoms with Crippen molar-refractivity contribution in [3.63, 3.8) is 0 Å². The first-order valence-electron chi connectivity index (χ1n) is 7.50. The van der Waals surface area contributed by atoms with E-state index in [1.807, 2.05) is 13.0 Å². The number of anilines is 2. The quantitative estimate of drug-likeness (QED) is 0.846. The number of aromatic nitrogens is 1. The molecule has 1 fully saturated rings. The Hall–Kier alpha value is -2.44. The van der Waals surface area contributed by atoms with Crippen molar-refractivity contribution in [1.29, 1.82) is 0 Å². The summed E-state index contributed by atoms with van der Waals surface area (Å²) in [5.74, 6) is 0. The Kier molecular flexibility index (Phi) is 4.04. The molecule has 2 heterocycles. The first-order chi connectivity index (χ1) is 10.7. The van der Waals surface area contributed by atoms with Crippen molar-refractivity contribution in [3.05, 3.63) is 18.2 Å². The van der Waals surface area contributed by atoms with Crippen LogP contribution < -0.4 is 11.1 Å². The molecular weight excluding hydrogens is 284 g/mol. The minimum absolute atomic E-state index is 0.232. The predicted octanol–water partition coefficient (Wildman–Crippen LogP) is 2.44. The van der Waals surface area contributed by atoms with E-state index in [1.165, 1.54) is 0 Å². The minimum Gasteiger partial charge on any atom is -0.450 e. The summed E-state index contributed by atoms with van der Waals surface area (Å²) < 4.78 is 10.7. The molecule has 0 bridgehead atoms. The summed E-state index contributed by atoms with van der Waals surface area (Å²) in [6.07, 6.45) is 1.43. The maximum absolute atomic E-state index is 11.7. The predicted molar refractivity (Wildman–Crippen MR) is 83.7 cm³/mol. The Balaban J connectivity index is 1.58. The molecule has 1 aliphatic heterocycles. The van der Waals surface area contributed by atoms with Crippen LogP contribution in [0, 0.1) is 0 Å². The lowest BCUT2D eigenvalue weighted by Crippen LogP contribution is -2.42. The van der Waals surface area contributed by atoms with Crippen LogP contribution in [0.2, 0.25) is 0 Å². The Morgan fingerprint density at radius 2 is 2.27 bits per heavy atom. The maximum Gasteiger partial charge on any atom is 0.409 e. The molecule has 1 aromatic carbocycles. The highest BCUT2D eigenvalue weighted by atomic mass is 16.6. The summed E-state index contributed by atoms with van der Waals surface area (Å²) in [5, 5.41) is 3.28. The second-order valence-electron chi connectivity index (χ2n) is 5.35. The summed E-state index contributed by atoms with van der Waals surface area (Å²) in [4.78, 5) is 17.8. The fourth-order valence-electron chi connectivity index (χ4n) is 2.60. The molecule has 1 aromatic heterocycles. The number of fused-ring (bicyclic) bond motifs is 1. The van der Waals surface area contributed by atoms with E-state index < -0.39 is 0 Å². The second-order valence-corrected chi connectivity index (χ2v) is 5.35. The topological polar surface area (TPSA) is 93.6 Å². The lowest BCUT2D eigenvalue weighted by molar-refractivity contribution is 0.0982. The van der Waals surface area contributed by atoms with E-state index in [0.29, 0.717) is 37.0 Å². The molecule has 1 saturated heterocycles. The first-order valence-corrected chi connectivity index (χ1v) is 7.50. The number of nitrogens with one attached hydrogen (secondary N) is 1. The van der Waals surface area contributed by atoms with Crippen molar-refractivity contribution >= 4 is 28.9 Å². The van der Waals surface area contributed by atoms with E-state index in [9.17, 15) is 4.79 Å². The first kappa shape index (κ1) is 14.5. The monoisotopic (exact) mass is 304 g/mol. The van der Waals surface area contributed by atoms with Crippen LogP contribution in [0.1, 0.15) is 19.8 Å². The Morgan fingerprint density at radius 1 is 1.50 bits per heavy atom. The van der Waals surface area contributed by atoms with Crippen molar-refractivity contribution < 1.29 is 13.9 Å². The van der Waals surface area contributed by atoms with E-state index in [2.05, 4.69) is 10.3 Å². The summed E-state index contributed by atoms with van der Waals surface area (Å²) in [7, 11) is 0. The summed E-state index contributed by atoms with van der Waals surface area (Å²) in [6.45, 7) is 3.56. The second kappa shape index (κ2) is 6.13. The van der Waals surface area contributed by atoms with Gasteiger partial charge in [-0.25, -0.2) is 4.79 Å². The number of piperidine rings is 1. The van der Waals surface area contributed by atoms with Crippen LogP contribution in [0.25, 0.3) is 11.1 Å². The van der Waals surface area contributed by atoms with Gasteiger partial charge >= 0.3 is 6.09 Å². The van der Waals surface area contributed by atoms with Crippen LogP contribution in [-0.2, 0) is 4.74 Å². The fraction of sp³-hybridized carbons (Fsp3) is 0.467. The molecule has 3 N–H and O–H groups in total. The van der Waals surface area contributed by atoms with Crippen LogP contribution in [0.5, 0.6) is 0 Å². The van der Waals surface area contributed by atoms with Crippen molar-refractivity contribution in [2.24, 2.45) is 0 Å². The highest BCUT2D eigenvalue weighted by Crippen LogP contribution is 2.23. The molecule has 1 aliphatic rings. The molecule has 22 heavy (non-hydrogen) atoms. The number of benzene rings is 1. The van der Waals surface area contributed by atoms with Crippen LogP contribution in [0.15, 0.2) is 22.6 Å². The van der Waals surface area contributed by atoms with Gasteiger partial charge in [0.1, 0.15) is 5.52 Å². The van der Waals surface area contributed by atoms with Gasteiger partial charge in [-0.15, -0.1) is 0 Å². The smallest absolute Gasteiger partial charge is 0.409 e. The largest absolute Gasteiger partial charge is 0.450 e. The summed E-state index contributed by atoms with van der Waals surface area (Å²) in [6, 6.07) is 6.11. The lowest BCUT2D eigenvalue weighted by atomic mass is 10.1. The van der Waals surface area contributed by atoms with E-state index in [0.717, 1.165) is 18.4 Å². The van der Waals surface area contributed by atoms with Crippen molar-refractivity contribution in [3.8, 4) is 0 Å². The molecule has 0 spiro atoms. The third-order valence-corrected chi connectivity index (χ3v) is 3.76. The van der Waals surface area contributed by atoms with E-state index in [-0.39, 0.29) is 12.1 Å². The average molecular weight is 304 g/mol. The molecule has 0 unspecified atom stereocenters. The van der Waals surface area contributed by atoms with Gasteiger partial charge in [0.15, 0.2) is 5.58 Å². The van der Waals surface area contributed by atoms with Gasteiger partial charge in [-0.1, -0.05) is 0 Å².